The van der Waals surface area contributed by atoms with E-state index >= 15 is 0 Å². The van der Waals surface area contributed by atoms with Gasteiger partial charge in [-0.1, -0.05) is 31.1 Å². The highest BCUT2D eigenvalue weighted by Crippen LogP contribution is 2.36. The highest BCUT2D eigenvalue weighted by Gasteiger charge is 2.32. The number of amides is 1. The molecule has 0 bridgehead atoms. The fourth-order valence-electron chi connectivity index (χ4n) is 3.04. The summed E-state index contributed by atoms with van der Waals surface area (Å²) in [4.78, 5) is 23.3. The molecule has 0 unspecified atom stereocenters. The Labute approximate surface area is 139 Å². The number of hydrogen-bond donors (Lipinski definition) is 2. The van der Waals surface area contributed by atoms with Gasteiger partial charge in [0.25, 0.3) is 5.91 Å². The summed E-state index contributed by atoms with van der Waals surface area (Å²) < 4.78 is 5.33. The average Bonchev–Trinajstić information content (AvgIpc) is 2.88. The Kier molecular flexibility index (Phi) is 4.13. The minimum Gasteiger partial charge on any atom is -0.481 e. The number of fused-ring (bicyclic) bond motifs is 1. The second kappa shape index (κ2) is 6.11. The number of aryl methyl sites for hydroxylation is 1. The minimum atomic E-state index is -0.911. The maximum absolute atomic E-state index is 12.5. The second-order valence-electron chi connectivity index (χ2n) is 7.00. The second-order valence-corrected chi connectivity index (χ2v) is 7.00. The van der Waals surface area contributed by atoms with Gasteiger partial charge in [-0.05, 0) is 36.0 Å². The van der Waals surface area contributed by atoms with Crippen LogP contribution in [0.15, 0.2) is 28.8 Å². The number of aliphatic carboxylic acids is 1. The highest BCUT2D eigenvalue weighted by atomic mass is 16.5. The zero-order valence-corrected chi connectivity index (χ0v) is 13.8. The Morgan fingerprint density at radius 1 is 1.38 bits per heavy atom. The monoisotopic (exact) mass is 328 g/mol. The topological polar surface area (TPSA) is 92.4 Å². The molecule has 6 nitrogen and oxygen atoms in total. The summed E-state index contributed by atoms with van der Waals surface area (Å²) in [6, 6.07) is 6.81. The molecule has 1 heterocycles. The highest BCUT2D eigenvalue weighted by molar-refractivity contribution is 6.04. The van der Waals surface area contributed by atoms with Crippen molar-refractivity contribution in [3.05, 3.63) is 46.8 Å². The van der Waals surface area contributed by atoms with Crippen molar-refractivity contribution in [2.24, 2.45) is 5.41 Å². The van der Waals surface area contributed by atoms with Crippen molar-refractivity contribution in [3.63, 3.8) is 0 Å². The van der Waals surface area contributed by atoms with E-state index in [0.717, 1.165) is 30.6 Å². The molecule has 1 amide bonds. The van der Waals surface area contributed by atoms with Crippen LogP contribution >= 0.6 is 0 Å². The Balaban J connectivity index is 1.79. The number of carbonyl (C=O) groups excluding carboxylic acids is 1. The molecule has 0 fully saturated rings. The number of carboxylic acid groups (broad SMARTS) is 1. The maximum atomic E-state index is 12.5. The number of rotatable bonds is 4. The van der Waals surface area contributed by atoms with Crippen molar-refractivity contribution >= 4 is 17.6 Å². The van der Waals surface area contributed by atoms with E-state index in [1.54, 1.807) is 24.3 Å². The van der Waals surface area contributed by atoms with Gasteiger partial charge in [0.2, 0.25) is 0 Å². The molecule has 2 N–H and O–H groups in total. The quantitative estimate of drug-likeness (QED) is 0.900. The van der Waals surface area contributed by atoms with E-state index in [0.29, 0.717) is 16.9 Å². The molecular formula is C18H20N2O4. The first-order chi connectivity index (χ1) is 11.3. The Morgan fingerprint density at radius 3 is 2.92 bits per heavy atom. The van der Waals surface area contributed by atoms with Crippen molar-refractivity contribution in [2.45, 2.75) is 39.5 Å². The molecule has 24 heavy (non-hydrogen) atoms. The van der Waals surface area contributed by atoms with E-state index in [1.165, 1.54) is 0 Å². The lowest BCUT2D eigenvalue weighted by Gasteiger charge is -2.28. The van der Waals surface area contributed by atoms with Gasteiger partial charge in [-0.15, -0.1) is 0 Å². The molecule has 3 rings (SSSR count). The lowest BCUT2D eigenvalue weighted by Crippen LogP contribution is -2.24. The fourth-order valence-corrected chi connectivity index (χ4v) is 3.04. The molecule has 0 aliphatic heterocycles. The number of anilines is 1. The van der Waals surface area contributed by atoms with E-state index in [9.17, 15) is 9.59 Å². The van der Waals surface area contributed by atoms with Crippen LogP contribution in [-0.4, -0.2) is 22.1 Å². The molecule has 1 aliphatic rings. The summed E-state index contributed by atoms with van der Waals surface area (Å²) in [5.74, 6) is -0.449. The largest absolute Gasteiger partial charge is 0.481 e. The van der Waals surface area contributed by atoms with Gasteiger partial charge in [-0.2, -0.15) is 0 Å². The van der Waals surface area contributed by atoms with Crippen LogP contribution in [0.5, 0.6) is 0 Å². The van der Waals surface area contributed by atoms with Crippen LogP contribution in [0.4, 0.5) is 5.69 Å². The van der Waals surface area contributed by atoms with Crippen LogP contribution < -0.4 is 5.32 Å². The van der Waals surface area contributed by atoms with Crippen LogP contribution in [0.25, 0.3) is 0 Å². The van der Waals surface area contributed by atoms with Gasteiger partial charge in [0.15, 0.2) is 5.69 Å². The third kappa shape index (κ3) is 3.48. The zero-order valence-electron chi connectivity index (χ0n) is 13.8. The third-order valence-electron chi connectivity index (χ3n) is 4.31. The summed E-state index contributed by atoms with van der Waals surface area (Å²) in [5, 5.41) is 15.6. The van der Waals surface area contributed by atoms with Gasteiger partial charge < -0.3 is 14.9 Å². The predicted molar refractivity (Wildman–Crippen MR) is 88.0 cm³/mol. The van der Waals surface area contributed by atoms with Crippen LogP contribution in [0, 0.1) is 5.41 Å². The van der Waals surface area contributed by atoms with Gasteiger partial charge in [0.1, 0.15) is 5.76 Å². The molecule has 6 heteroatoms. The Hall–Kier alpha value is -2.63. The molecule has 0 saturated carbocycles. The lowest BCUT2D eigenvalue weighted by molar-refractivity contribution is -0.136. The number of nitrogens with one attached hydrogen (secondary N) is 1. The molecule has 0 atom stereocenters. The molecular weight excluding hydrogens is 308 g/mol. The standard InChI is InChI=1S/C18H20N2O4/c1-18(2)7-6-14-13(10-18)16(20-24-14)17(23)19-12-5-3-4-11(8-12)9-15(21)22/h3-5,8H,6-7,9-10H2,1-2H3,(H,19,23)(H,21,22). The summed E-state index contributed by atoms with van der Waals surface area (Å²) >= 11 is 0. The van der Waals surface area contributed by atoms with Gasteiger partial charge in [0.05, 0.1) is 6.42 Å². The lowest BCUT2D eigenvalue weighted by atomic mass is 9.76. The van der Waals surface area contributed by atoms with E-state index in [1.807, 2.05) is 0 Å². The minimum absolute atomic E-state index is 0.0861. The Bertz CT molecular complexity index is 792. The normalized spacial score (nSPS) is 15.6. The van der Waals surface area contributed by atoms with Gasteiger partial charge >= 0.3 is 5.97 Å². The molecule has 1 aliphatic carbocycles. The summed E-state index contributed by atoms with van der Waals surface area (Å²) in [6.45, 7) is 4.33. The van der Waals surface area contributed by atoms with Gasteiger partial charge in [-0.25, -0.2) is 0 Å². The fraction of sp³-hybridized carbons (Fsp3) is 0.389. The van der Waals surface area contributed by atoms with E-state index < -0.39 is 5.97 Å². The van der Waals surface area contributed by atoms with Crippen molar-refractivity contribution in [1.29, 1.82) is 0 Å². The molecule has 0 saturated heterocycles. The van der Waals surface area contributed by atoms with E-state index in [4.69, 9.17) is 9.63 Å². The van der Waals surface area contributed by atoms with Crippen molar-refractivity contribution in [2.75, 3.05) is 5.32 Å². The van der Waals surface area contributed by atoms with Crippen LogP contribution in [0.1, 0.15) is 47.6 Å². The number of benzene rings is 1. The number of carboxylic acids is 1. The van der Waals surface area contributed by atoms with Crippen molar-refractivity contribution in [3.8, 4) is 0 Å². The predicted octanol–water partition coefficient (Wildman–Crippen LogP) is 3.07. The first kappa shape index (κ1) is 16.2. The molecule has 2 aromatic rings. The van der Waals surface area contributed by atoms with Crippen molar-refractivity contribution in [1.82, 2.24) is 5.16 Å². The first-order valence-electron chi connectivity index (χ1n) is 7.93. The van der Waals surface area contributed by atoms with Crippen LogP contribution in [0.2, 0.25) is 0 Å². The number of nitrogens with zero attached hydrogens (tertiary/aromatic N) is 1. The average molecular weight is 328 g/mol. The zero-order chi connectivity index (χ0) is 17.3. The first-order valence-corrected chi connectivity index (χ1v) is 7.93. The molecule has 0 spiro atoms. The number of hydrogen-bond acceptors (Lipinski definition) is 4. The summed E-state index contributed by atoms with van der Waals surface area (Å²) in [7, 11) is 0. The SMILES string of the molecule is CC1(C)CCc2onc(C(=O)Nc3cccc(CC(=O)O)c3)c2C1. The molecule has 126 valence electrons. The molecule has 1 aromatic carbocycles. The van der Waals surface area contributed by atoms with E-state index in [2.05, 4.69) is 24.3 Å². The smallest absolute Gasteiger partial charge is 0.307 e. The van der Waals surface area contributed by atoms with Crippen molar-refractivity contribution < 1.29 is 19.2 Å². The molecule has 0 radical (unpaired) electrons. The number of aromatic nitrogens is 1. The molecule has 1 aromatic heterocycles. The summed E-state index contributed by atoms with van der Waals surface area (Å²) in [5.41, 5.74) is 2.50. The summed E-state index contributed by atoms with van der Waals surface area (Å²) in [6.07, 6.45) is 2.47. The third-order valence-corrected chi connectivity index (χ3v) is 4.31. The van der Waals surface area contributed by atoms with E-state index in [-0.39, 0.29) is 17.7 Å². The van der Waals surface area contributed by atoms with Crippen LogP contribution in [0.3, 0.4) is 0 Å². The van der Waals surface area contributed by atoms with Gasteiger partial charge in [-0.3, -0.25) is 9.59 Å². The van der Waals surface area contributed by atoms with Crippen LogP contribution in [-0.2, 0) is 24.1 Å². The number of carbonyl (C=O) groups is 2. The van der Waals surface area contributed by atoms with Gasteiger partial charge in [0, 0.05) is 17.7 Å². The maximum Gasteiger partial charge on any atom is 0.307 e. The Morgan fingerprint density at radius 2 is 2.17 bits per heavy atom.